The smallest absolute Gasteiger partial charge is 0.156 e. The van der Waals surface area contributed by atoms with Crippen LogP contribution in [0.3, 0.4) is 0 Å². The molecule has 2 unspecified atom stereocenters. The van der Waals surface area contributed by atoms with Gasteiger partial charge in [-0.25, -0.2) is 4.98 Å². The second-order valence-electron chi connectivity index (χ2n) is 7.21. The molecule has 1 fully saturated rings. The van der Waals surface area contributed by atoms with Crippen LogP contribution in [0.1, 0.15) is 29.0 Å². The first-order valence-electron chi connectivity index (χ1n) is 9.83. The predicted octanol–water partition coefficient (Wildman–Crippen LogP) is 4.73. The lowest BCUT2D eigenvalue weighted by molar-refractivity contribution is 0.130. The molecule has 0 saturated carbocycles. The average molecular weight is 416 g/mol. The van der Waals surface area contributed by atoms with Crippen LogP contribution in [0.25, 0.3) is 16.9 Å². The zero-order valence-electron chi connectivity index (χ0n) is 16.4. The second-order valence-corrected chi connectivity index (χ2v) is 8.07. The van der Waals surface area contributed by atoms with Crippen LogP contribution in [0.5, 0.6) is 0 Å². The molecule has 3 aromatic rings. The number of hydrogen-bond acceptors (Lipinski definition) is 6. The van der Waals surface area contributed by atoms with Gasteiger partial charge >= 0.3 is 0 Å². The minimum atomic E-state index is 0.117. The van der Waals surface area contributed by atoms with Crippen molar-refractivity contribution >= 4 is 41.1 Å². The molecule has 30 heavy (non-hydrogen) atoms. The van der Waals surface area contributed by atoms with E-state index in [4.69, 9.17) is 4.74 Å². The van der Waals surface area contributed by atoms with Gasteiger partial charge < -0.3 is 9.72 Å². The first-order valence-corrected chi connectivity index (χ1v) is 10.9. The van der Waals surface area contributed by atoms with Crippen LogP contribution >= 0.6 is 11.8 Å². The van der Waals surface area contributed by atoms with E-state index in [1.165, 1.54) is 5.56 Å². The highest BCUT2D eigenvalue weighted by molar-refractivity contribution is 8.01. The summed E-state index contributed by atoms with van der Waals surface area (Å²) in [6, 6.07) is 8.45. The summed E-state index contributed by atoms with van der Waals surface area (Å²) in [4.78, 5) is 20.7. The third-order valence-electron chi connectivity index (χ3n) is 5.40. The maximum atomic E-state index is 5.94. The van der Waals surface area contributed by atoms with E-state index >= 15 is 0 Å². The van der Waals surface area contributed by atoms with Crippen LogP contribution in [0.2, 0.25) is 0 Å². The predicted molar refractivity (Wildman–Crippen MR) is 123 cm³/mol. The second kappa shape index (κ2) is 8.38. The van der Waals surface area contributed by atoms with Crippen LogP contribution in [0.4, 0.5) is 0 Å². The monoisotopic (exact) mass is 415 g/mol. The van der Waals surface area contributed by atoms with Gasteiger partial charge in [-0.2, -0.15) is 0 Å². The van der Waals surface area contributed by atoms with Crippen LogP contribution in [0.15, 0.2) is 70.5 Å². The summed E-state index contributed by atoms with van der Waals surface area (Å²) in [5, 5.41) is 2.05. The van der Waals surface area contributed by atoms with Crippen LogP contribution < -0.4 is 0 Å². The number of fused-ring (bicyclic) bond motifs is 2. The average Bonchev–Trinajstić information content (AvgIpc) is 3.41. The maximum Gasteiger partial charge on any atom is 0.156 e. The Hall–Kier alpha value is -3.03. The summed E-state index contributed by atoms with van der Waals surface area (Å²) in [5.74, 6) is 0.974. The molecule has 1 saturated heterocycles. The minimum Gasteiger partial charge on any atom is -0.371 e. The summed E-state index contributed by atoms with van der Waals surface area (Å²) < 4.78 is 5.94. The van der Waals surface area contributed by atoms with Crippen molar-refractivity contribution in [3.8, 4) is 0 Å². The molecule has 2 aliphatic heterocycles. The number of ether oxygens (including phenoxy) is 1. The summed E-state index contributed by atoms with van der Waals surface area (Å²) in [6.07, 6.45) is 10.3. The lowest BCUT2D eigenvalue weighted by atomic mass is 9.91. The van der Waals surface area contributed by atoms with E-state index in [2.05, 4.69) is 67.4 Å². The van der Waals surface area contributed by atoms with Gasteiger partial charge in [0, 0.05) is 47.6 Å². The van der Waals surface area contributed by atoms with E-state index in [0.29, 0.717) is 6.61 Å². The summed E-state index contributed by atoms with van der Waals surface area (Å²) in [7, 11) is 0. The highest BCUT2D eigenvalue weighted by Crippen LogP contribution is 2.33. The van der Waals surface area contributed by atoms with Gasteiger partial charge in [0.15, 0.2) is 5.65 Å². The highest BCUT2D eigenvalue weighted by atomic mass is 32.2. The van der Waals surface area contributed by atoms with Gasteiger partial charge in [0.2, 0.25) is 0 Å². The molecule has 2 aliphatic rings. The molecule has 0 spiro atoms. The Bertz CT molecular complexity index is 1180. The number of nitrogens with zero attached hydrogens (tertiary/aromatic N) is 4. The van der Waals surface area contributed by atoms with E-state index in [0.717, 1.165) is 45.9 Å². The number of thioether (sulfide) groups is 1. The molecule has 0 bridgehead atoms. The van der Waals surface area contributed by atoms with E-state index in [1.54, 1.807) is 24.2 Å². The first kappa shape index (κ1) is 19.0. The lowest BCUT2D eigenvalue weighted by Crippen LogP contribution is -2.20. The number of benzene rings is 1. The number of H-pyrrole nitrogens is 1. The van der Waals surface area contributed by atoms with Gasteiger partial charge in [-0.05, 0) is 30.2 Å². The topological polar surface area (TPSA) is 75.5 Å². The Balaban J connectivity index is 1.35. The lowest BCUT2D eigenvalue weighted by Gasteiger charge is -2.15. The molecule has 2 atom stereocenters. The van der Waals surface area contributed by atoms with Crippen molar-refractivity contribution in [3.63, 3.8) is 0 Å². The summed E-state index contributed by atoms with van der Waals surface area (Å²) >= 11 is 1.67. The third-order valence-corrected chi connectivity index (χ3v) is 6.27. The molecule has 0 radical (unpaired) electrons. The number of rotatable bonds is 6. The maximum absolute atomic E-state index is 5.94. The fourth-order valence-electron chi connectivity index (χ4n) is 3.89. The molecule has 6 nitrogen and oxygen atoms in total. The molecule has 4 heterocycles. The zero-order valence-corrected chi connectivity index (χ0v) is 17.2. The van der Waals surface area contributed by atoms with Crippen molar-refractivity contribution in [2.24, 2.45) is 9.98 Å². The number of aromatic amines is 1. The fourth-order valence-corrected chi connectivity index (χ4v) is 4.75. The van der Waals surface area contributed by atoms with Crippen molar-refractivity contribution < 1.29 is 4.74 Å². The minimum absolute atomic E-state index is 0.117. The van der Waals surface area contributed by atoms with Crippen LogP contribution in [-0.4, -0.2) is 40.1 Å². The van der Waals surface area contributed by atoms with Crippen LogP contribution in [0, 0.1) is 0 Å². The van der Waals surface area contributed by atoms with Crippen molar-refractivity contribution in [1.29, 1.82) is 0 Å². The van der Waals surface area contributed by atoms with Gasteiger partial charge in [-0.3, -0.25) is 15.0 Å². The van der Waals surface area contributed by atoms with Crippen molar-refractivity contribution in [3.05, 3.63) is 77.2 Å². The van der Waals surface area contributed by atoms with Gasteiger partial charge in [0.1, 0.15) is 5.52 Å². The number of nitrogens with one attached hydrogen (secondary N) is 1. The van der Waals surface area contributed by atoms with Gasteiger partial charge in [-0.15, -0.1) is 11.8 Å². The molecule has 1 N–H and O–H groups in total. The quantitative estimate of drug-likeness (QED) is 0.591. The molecular weight excluding hydrogens is 394 g/mol. The number of aliphatic imine (C=N–C) groups is 2. The Labute approximate surface area is 178 Å². The molecule has 2 aromatic heterocycles. The molecule has 0 amide bonds. The van der Waals surface area contributed by atoms with E-state index in [9.17, 15) is 0 Å². The summed E-state index contributed by atoms with van der Waals surface area (Å²) in [6.45, 7) is 4.45. The van der Waals surface area contributed by atoms with Crippen molar-refractivity contribution in [2.45, 2.75) is 24.2 Å². The zero-order chi connectivity index (χ0) is 20.3. The Kier molecular flexibility index (Phi) is 5.29. The highest BCUT2D eigenvalue weighted by Gasteiger charge is 2.34. The third kappa shape index (κ3) is 3.62. The standard InChI is InChI=1S/C23H21N5OS/c1-24-19(14-30-13-17-11-28-23-21(17)26-8-9-27-23)16-5-2-4-15(10-16)18-12-29-20-6-3-7-25-22(18)20/h2-5,7-11,14,18,20H,1,6,12-13H2,(H,27,28)/b19-14-. The van der Waals surface area contributed by atoms with E-state index < -0.39 is 0 Å². The molecule has 5 rings (SSSR count). The van der Waals surface area contributed by atoms with Crippen molar-refractivity contribution in [1.82, 2.24) is 15.0 Å². The molecule has 150 valence electrons. The van der Waals surface area contributed by atoms with Gasteiger partial charge in [0.05, 0.1) is 24.1 Å². The molecular formula is C23H21N5OS. The Morgan fingerprint density at radius 3 is 3.20 bits per heavy atom. The largest absolute Gasteiger partial charge is 0.371 e. The van der Waals surface area contributed by atoms with Crippen LogP contribution in [-0.2, 0) is 10.5 Å². The van der Waals surface area contributed by atoms with E-state index in [-0.39, 0.29) is 12.0 Å². The Morgan fingerprint density at radius 1 is 1.33 bits per heavy atom. The molecule has 1 aromatic carbocycles. The summed E-state index contributed by atoms with van der Waals surface area (Å²) in [5.41, 5.74) is 7.07. The van der Waals surface area contributed by atoms with Crippen molar-refractivity contribution in [2.75, 3.05) is 6.61 Å². The number of aromatic nitrogens is 3. The van der Waals surface area contributed by atoms with Gasteiger partial charge in [-0.1, -0.05) is 24.3 Å². The molecule has 7 heteroatoms. The normalized spacial score (nSPS) is 20.9. The Morgan fingerprint density at radius 2 is 2.27 bits per heavy atom. The van der Waals surface area contributed by atoms with E-state index in [1.807, 2.05) is 12.4 Å². The fraction of sp³-hybridized carbons (Fsp3) is 0.217. The first-order chi connectivity index (χ1) is 14.8. The number of hydrogen-bond donors (Lipinski definition) is 1. The SMILES string of the molecule is C=N/C(=C\SCc1c[nH]c2nccnc12)c1cccc(C2COC3CC=CN=C32)c1. The molecule has 0 aliphatic carbocycles. The van der Waals surface area contributed by atoms with Gasteiger partial charge in [0.25, 0.3) is 0 Å².